The van der Waals surface area contributed by atoms with E-state index >= 15 is 0 Å². The van der Waals surface area contributed by atoms with Crippen molar-refractivity contribution in [3.05, 3.63) is 27.8 Å². The number of hydrogen-bond donors (Lipinski definition) is 3. The number of non-ortho nitro benzene ring substituents is 1. The van der Waals surface area contributed by atoms with E-state index in [9.17, 15) is 15.2 Å². The first-order chi connectivity index (χ1) is 8.01. The number of rotatable bonds is 5. The van der Waals surface area contributed by atoms with Gasteiger partial charge in [-0.15, -0.1) is 0 Å². The summed E-state index contributed by atoms with van der Waals surface area (Å²) in [7, 11) is 1.32. The van der Waals surface area contributed by atoms with Gasteiger partial charge in [-0.25, -0.2) is 0 Å². The van der Waals surface area contributed by atoms with Gasteiger partial charge >= 0.3 is 0 Å². The van der Waals surface area contributed by atoms with E-state index in [1.165, 1.54) is 13.2 Å². The van der Waals surface area contributed by atoms with E-state index in [-0.39, 0.29) is 22.7 Å². The Hall–Kier alpha value is -1.86. The normalized spacial score (nSPS) is 12.2. The maximum atomic E-state index is 10.7. The summed E-state index contributed by atoms with van der Waals surface area (Å²) in [6, 6.07) is 1.82. The summed E-state index contributed by atoms with van der Waals surface area (Å²) in [6.45, 7) is 0.325. The van der Waals surface area contributed by atoms with Gasteiger partial charge in [0.05, 0.1) is 18.1 Å². The minimum absolute atomic E-state index is 0.0293. The number of hydrogen-bond acceptors (Lipinski definition) is 6. The molecule has 0 aliphatic carbocycles. The van der Waals surface area contributed by atoms with Crippen LogP contribution >= 0.6 is 0 Å². The summed E-state index contributed by atoms with van der Waals surface area (Å²) in [6.07, 6.45) is 0.415. The average molecular weight is 241 g/mol. The number of methoxy groups -OCH3 is 1. The van der Waals surface area contributed by atoms with Gasteiger partial charge < -0.3 is 21.3 Å². The van der Waals surface area contributed by atoms with Gasteiger partial charge in [0.2, 0.25) is 0 Å². The largest absolute Gasteiger partial charge is 0.504 e. The van der Waals surface area contributed by atoms with Crippen molar-refractivity contribution in [2.45, 2.75) is 12.5 Å². The van der Waals surface area contributed by atoms with Crippen LogP contribution in [0.1, 0.15) is 18.0 Å². The molecule has 7 heteroatoms. The van der Waals surface area contributed by atoms with Crippen molar-refractivity contribution in [2.24, 2.45) is 11.5 Å². The third-order valence-electron chi connectivity index (χ3n) is 2.40. The van der Waals surface area contributed by atoms with Gasteiger partial charge in [-0.3, -0.25) is 10.1 Å². The molecule has 17 heavy (non-hydrogen) atoms. The lowest BCUT2D eigenvalue weighted by Gasteiger charge is -2.14. The maximum absolute atomic E-state index is 10.7. The number of aromatic hydroxyl groups is 1. The van der Waals surface area contributed by atoms with Crippen LogP contribution in [0.3, 0.4) is 0 Å². The number of nitrogens with zero attached hydrogens (tertiary/aromatic N) is 1. The number of phenolic OH excluding ortho intramolecular Hbond substituents is 1. The molecule has 0 aromatic heterocycles. The fraction of sp³-hybridized carbons (Fsp3) is 0.400. The average Bonchev–Trinajstić information content (AvgIpc) is 2.29. The molecule has 5 N–H and O–H groups in total. The first-order valence-electron chi connectivity index (χ1n) is 5.02. The number of nitro groups is 1. The lowest BCUT2D eigenvalue weighted by Crippen LogP contribution is -2.15. The third kappa shape index (κ3) is 2.83. The molecule has 0 saturated heterocycles. The zero-order valence-corrected chi connectivity index (χ0v) is 9.42. The fourth-order valence-electron chi connectivity index (χ4n) is 1.49. The van der Waals surface area contributed by atoms with Gasteiger partial charge in [0.25, 0.3) is 5.69 Å². The SMILES string of the molecule is COc1cc([N+](=O)[O-])cc([C@H](N)CCN)c1O. The van der Waals surface area contributed by atoms with Crippen LogP contribution < -0.4 is 16.2 Å². The smallest absolute Gasteiger partial charge is 0.273 e. The maximum Gasteiger partial charge on any atom is 0.273 e. The summed E-state index contributed by atoms with van der Waals surface area (Å²) in [5.74, 6) is -0.152. The van der Waals surface area contributed by atoms with Crippen LogP contribution in [0.4, 0.5) is 5.69 Å². The Bertz CT molecular complexity index is 422. The Morgan fingerprint density at radius 2 is 2.24 bits per heavy atom. The quantitative estimate of drug-likeness (QED) is 0.513. The Morgan fingerprint density at radius 3 is 2.71 bits per heavy atom. The molecule has 0 spiro atoms. The molecule has 0 aliphatic rings. The summed E-state index contributed by atoms with van der Waals surface area (Å²) in [4.78, 5) is 10.1. The van der Waals surface area contributed by atoms with Crippen molar-refractivity contribution in [1.82, 2.24) is 0 Å². The topological polar surface area (TPSA) is 125 Å². The first-order valence-corrected chi connectivity index (χ1v) is 5.02. The van der Waals surface area contributed by atoms with Gasteiger partial charge in [-0.2, -0.15) is 0 Å². The van der Waals surface area contributed by atoms with E-state index in [0.29, 0.717) is 13.0 Å². The van der Waals surface area contributed by atoms with E-state index in [1.807, 2.05) is 0 Å². The second-order valence-electron chi connectivity index (χ2n) is 3.53. The molecule has 94 valence electrons. The second-order valence-corrected chi connectivity index (χ2v) is 3.53. The zero-order chi connectivity index (χ0) is 13.0. The molecule has 0 unspecified atom stereocenters. The molecular formula is C10H15N3O4. The van der Waals surface area contributed by atoms with Gasteiger partial charge in [-0.1, -0.05) is 0 Å². The molecule has 1 aromatic carbocycles. The number of benzene rings is 1. The van der Waals surface area contributed by atoms with E-state index in [4.69, 9.17) is 16.2 Å². The van der Waals surface area contributed by atoms with E-state index in [0.717, 1.165) is 6.07 Å². The Kier molecular flexibility index (Phi) is 4.24. The molecule has 1 rings (SSSR count). The highest BCUT2D eigenvalue weighted by atomic mass is 16.6. The molecular weight excluding hydrogens is 226 g/mol. The van der Waals surface area contributed by atoms with Crippen LogP contribution in [0.5, 0.6) is 11.5 Å². The molecule has 1 aromatic rings. The van der Waals surface area contributed by atoms with Crippen LogP contribution in [0.25, 0.3) is 0 Å². The lowest BCUT2D eigenvalue weighted by molar-refractivity contribution is -0.385. The second kappa shape index (κ2) is 5.46. The van der Waals surface area contributed by atoms with Gasteiger partial charge in [-0.05, 0) is 13.0 Å². The molecule has 0 bridgehead atoms. The van der Waals surface area contributed by atoms with E-state index < -0.39 is 11.0 Å². The monoisotopic (exact) mass is 241 g/mol. The van der Waals surface area contributed by atoms with Gasteiger partial charge in [0.15, 0.2) is 11.5 Å². The fourth-order valence-corrected chi connectivity index (χ4v) is 1.49. The van der Waals surface area contributed by atoms with Gasteiger partial charge in [0.1, 0.15) is 0 Å². The molecule has 0 radical (unpaired) electrons. The van der Waals surface area contributed by atoms with Crippen molar-refractivity contribution < 1.29 is 14.8 Å². The van der Waals surface area contributed by atoms with Crippen LogP contribution in [-0.2, 0) is 0 Å². The highest BCUT2D eigenvalue weighted by molar-refractivity contribution is 5.54. The van der Waals surface area contributed by atoms with Crippen LogP contribution in [0, 0.1) is 10.1 Å². The number of nitro benzene ring substituents is 1. The van der Waals surface area contributed by atoms with Crippen molar-refractivity contribution in [3.8, 4) is 11.5 Å². The third-order valence-corrected chi connectivity index (χ3v) is 2.40. The Morgan fingerprint density at radius 1 is 1.59 bits per heavy atom. The van der Waals surface area contributed by atoms with Crippen molar-refractivity contribution in [2.75, 3.05) is 13.7 Å². The molecule has 0 saturated carbocycles. The summed E-state index contributed by atoms with van der Waals surface area (Å²) >= 11 is 0. The minimum atomic E-state index is -0.569. The minimum Gasteiger partial charge on any atom is -0.504 e. The molecule has 0 amide bonds. The molecule has 0 aliphatic heterocycles. The predicted octanol–water partition coefficient (Wildman–Crippen LogP) is 0.658. The van der Waals surface area contributed by atoms with Crippen molar-refractivity contribution in [1.29, 1.82) is 0 Å². The zero-order valence-electron chi connectivity index (χ0n) is 9.42. The number of phenols is 1. The summed E-state index contributed by atoms with van der Waals surface area (Å²) in [5, 5.41) is 20.5. The standard InChI is InChI=1S/C10H15N3O4/c1-17-9-5-6(13(15)16)4-7(10(9)14)8(12)2-3-11/h4-5,8,14H,2-3,11-12H2,1H3/t8-/m1/s1. The number of nitrogens with two attached hydrogens (primary N) is 2. The summed E-state index contributed by atoms with van der Waals surface area (Å²) < 4.78 is 4.86. The molecule has 0 heterocycles. The molecule has 1 atom stereocenters. The van der Waals surface area contributed by atoms with Gasteiger partial charge in [0, 0.05) is 17.7 Å². The Labute approximate surface area is 98.1 Å². The van der Waals surface area contributed by atoms with Crippen LogP contribution in [0.2, 0.25) is 0 Å². The van der Waals surface area contributed by atoms with Crippen molar-refractivity contribution >= 4 is 5.69 Å². The first kappa shape index (κ1) is 13.2. The van der Waals surface area contributed by atoms with E-state index in [2.05, 4.69) is 0 Å². The summed E-state index contributed by atoms with van der Waals surface area (Å²) in [5.41, 5.74) is 11.2. The van der Waals surface area contributed by atoms with E-state index in [1.54, 1.807) is 0 Å². The predicted molar refractivity (Wildman–Crippen MR) is 61.9 cm³/mol. The highest BCUT2D eigenvalue weighted by Crippen LogP contribution is 2.37. The highest BCUT2D eigenvalue weighted by Gasteiger charge is 2.20. The molecule has 7 nitrogen and oxygen atoms in total. The van der Waals surface area contributed by atoms with Crippen LogP contribution in [0.15, 0.2) is 12.1 Å². The van der Waals surface area contributed by atoms with Crippen molar-refractivity contribution in [3.63, 3.8) is 0 Å². The Balaban J connectivity index is 3.27. The lowest BCUT2D eigenvalue weighted by atomic mass is 10.0. The molecule has 0 fully saturated rings. The number of ether oxygens (including phenoxy) is 1. The van der Waals surface area contributed by atoms with Crippen LogP contribution in [-0.4, -0.2) is 23.7 Å².